The van der Waals surface area contributed by atoms with Crippen LogP contribution in [0.3, 0.4) is 0 Å². The number of aliphatic imine (C=N–C) groups is 1. The minimum absolute atomic E-state index is 0.0340. The zero-order chi connectivity index (χ0) is 19.8. The normalized spacial score (nSPS) is 15.1. The Morgan fingerprint density at radius 1 is 1.29 bits per heavy atom. The zero-order valence-corrected chi connectivity index (χ0v) is 17.0. The molecule has 0 radical (unpaired) electrons. The van der Waals surface area contributed by atoms with Crippen molar-refractivity contribution < 1.29 is 0 Å². The van der Waals surface area contributed by atoms with E-state index in [1.165, 1.54) is 5.56 Å². The fourth-order valence-corrected chi connectivity index (χ4v) is 3.56. The molecule has 1 aromatic heterocycles. The summed E-state index contributed by atoms with van der Waals surface area (Å²) in [5, 5.41) is 11.3. The third kappa shape index (κ3) is 5.47. The monoisotopic (exact) mass is 384 g/mol. The molecule has 0 amide bonds. The summed E-state index contributed by atoms with van der Waals surface area (Å²) in [6, 6.07) is 10.9. The largest absolute Gasteiger partial charge is 0.356 e. The highest BCUT2D eigenvalue weighted by Gasteiger charge is 2.16. The van der Waals surface area contributed by atoms with Gasteiger partial charge in [-0.25, -0.2) is 9.48 Å². The predicted molar refractivity (Wildman–Crippen MR) is 113 cm³/mol. The molecule has 0 bridgehead atoms. The first-order chi connectivity index (χ1) is 13.7. The molecule has 0 aliphatic carbocycles. The van der Waals surface area contributed by atoms with Crippen molar-refractivity contribution in [2.45, 2.75) is 64.6 Å². The first kappa shape index (κ1) is 20.2. The van der Waals surface area contributed by atoms with E-state index in [0.29, 0.717) is 12.6 Å². The van der Waals surface area contributed by atoms with Crippen LogP contribution in [0.5, 0.6) is 0 Å². The molecule has 28 heavy (non-hydrogen) atoms. The molecule has 7 nitrogen and oxygen atoms in total. The highest BCUT2D eigenvalue weighted by Crippen LogP contribution is 2.09. The Morgan fingerprint density at radius 2 is 2.11 bits per heavy atom. The molecule has 152 valence electrons. The van der Waals surface area contributed by atoms with Crippen molar-refractivity contribution in [3.05, 3.63) is 52.2 Å². The van der Waals surface area contributed by atoms with Gasteiger partial charge in [0.2, 0.25) is 0 Å². The van der Waals surface area contributed by atoms with Crippen molar-refractivity contribution in [3.8, 4) is 0 Å². The molecule has 2 heterocycles. The van der Waals surface area contributed by atoms with E-state index in [-0.39, 0.29) is 5.69 Å². The Hall–Kier alpha value is -2.57. The number of guanidine groups is 1. The van der Waals surface area contributed by atoms with E-state index < -0.39 is 0 Å². The van der Waals surface area contributed by atoms with Crippen LogP contribution in [0.25, 0.3) is 0 Å². The van der Waals surface area contributed by atoms with E-state index >= 15 is 0 Å². The number of hydrogen-bond acceptors (Lipinski definition) is 3. The molecule has 1 aliphatic heterocycles. The van der Waals surface area contributed by atoms with Gasteiger partial charge in [-0.3, -0.25) is 9.56 Å². The van der Waals surface area contributed by atoms with Crippen molar-refractivity contribution in [1.29, 1.82) is 0 Å². The molecule has 1 aromatic carbocycles. The molecular formula is C21H32N6O. The number of nitrogens with one attached hydrogen (secondary N) is 2. The first-order valence-corrected chi connectivity index (χ1v) is 10.3. The molecule has 0 saturated heterocycles. The van der Waals surface area contributed by atoms with Gasteiger partial charge in [0.05, 0.1) is 0 Å². The number of hydrogen-bond donors (Lipinski definition) is 2. The fraction of sp³-hybridized carbons (Fsp3) is 0.571. The number of rotatable bonds is 8. The van der Waals surface area contributed by atoms with Gasteiger partial charge in [-0.2, -0.15) is 5.10 Å². The molecule has 2 N–H and O–H groups in total. The summed E-state index contributed by atoms with van der Waals surface area (Å²) in [7, 11) is 1.78. The molecule has 1 unspecified atom stereocenters. The second-order valence-corrected chi connectivity index (χ2v) is 7.45. The molecule has 0 spiro atoms. The van der Waals surface area contributed by atoms with Gasteiger partial charge in [0.1, 0.15) is 5.82 Å². The third-order valence-corrected chi connectivity index (χ3v) is 5.19. The van der Waals surface area contributed by atoms with E-state index in [9.17, 15) is 4.79 Å². The summed E-state index contributed by atoms with van der Waals surface area (Å²) >= 11 is 0. The quantitative estimate of drug-likeness (QED) is 0.414. The van der Waals surface area contributed by atoms with Gasteiger partial charge in [-0.1, -0.05) is 30.3 Å². The SMILES string of the molecule is CN=C(NCCCn1nc2n(c1=O)CCCC2)NC(C)CCc1ccccc1. The predicted octanol–water partition coefficient (Wildman–Crippen LogP) is 1.96. The molecule has 0 fully saturated rings. The fourth-order valence-electron chi connectivity index (χ4n) is 3.56. The number of benzene rings is 1. The Morgan fingerprint density at radius 3 is 2.86 bits per heavy atom. The Kier molecular flexibility index (Phi) is 7.28. The van der Waals surface area contributed by atoms with E-state index in [1.807, 2.05) is 10.6 Å². The number of fused-ring (bicyclic) bond motifs is 1. The van der Waals surface area contributed by atoms with Crippen LogP contribution in [0.15, 0.2) is 40.1 Å². The minimum Gasteiger partial charge on any atom is -0.356 e. The van der Waals surface area contributed by atoms with E-state index in [1.54, 1.807) is 11.7 Å². The molecule has 3 rings (SSSR count). The maximum atomic E-state index is 12.3. The Bertz CT molecular complexity index is 823. The summed E-state index contributed by atoms with van der Waals surface area (Å²) in [5.41, 5.74) is 1.39. The third-order valence-electron chi connectivity index (χ3n) is 5.19. The van der Waals surface area contributed by atoms with Gasteiger partial charge >= 0.3 is 5.69 Å². The summed E-state index contributed by atoms with van der Waals surface area (Å²) < 4.78 is 3.44. The number of aromatic nitrogens is 3. The first-order valence-electron chi connectivity index (χ1n) is 10.3. The standard InChI is InChI=1S/C21H32N6O/c1-17(12-13-18-9-4-3-5-10-18)24-20(22-2)23-14-8-16-27-21(28)26-15-7-6-11-19(26)25-27/h3-5,9-10,17H,6-8,11-16H2,1-2H3,(H2,22,23,24). The lowest BCUT2D eigenvalue weighted by molar-refractivity contribution is 0.508. The highest BCUT2D eigenvalue weighted by atomic mass is 16.2. The molecule has 1 aliphatic rings. The Labute approximate surface area is 166 Å². The maximum absolute atomic E-state index is 12.3. The van der Waals surface area contributed by atoms with E-state index in [2.05, 4.69) is 51.9 Å². The van der Waals surface area contributed by atoms with Crippen LogP contribution in [0.4, 0.5) is 0 Å². The topological polar surface area (TPSA) is 76.2 Å². The highest BCUT2D eigenvalue weighted by molar-refractivity contribution is 5.79. The van der Waals surface area contributed by atoms with Gasteiger partial charge in [-0.15, -0.1) is 0 Å². The van der Waals surface area contributed by atoms with Gasteiger partial charge in [0.15, 0.2) is 5.96 Å². The van der Waals surface area contributed by atoms with Crippen LogP contribution in [-0.4, -0.2) is 39.9 Å². The van der Waals surface area contributed by atoms with Crippen LogP contribution >= 0.6 is 0 Å². The lowest BCUT2D eigenvalue weighted by Crippen LogP contribution is -2.43. The molecule has 7 heteroatoms. The van der Waals surface area contributed by atoms with Gasteiger partial charge in [0.25, 0.3) is 0 Å². The molecule has 2 aromatic rings. The summed E-state index contributed by atoms with van der Waals surface area (Å²) in [6.45, 7) is 4.36. The van der Waals surface area contributed by atoms with Gasteiger partial charge in [0, 0.05) is 39.1 Å². The van der Waals surface area contributed by atoms with Crippen molar-refractivity contribution >= 4 is 5.96 Å². The smallest absolute Gasteiger partial charge is 0.345 e. The molecular weight excluding hydrogens is 352 g/mol. The molecule has 1 atom stereocenters. The van der Waals surface area contributed by atoms with Crippen molar-refractivity contribution in [2.24, 2.45) is 4.99 Å². The molecule has 0 saturated carbocycles. The lowest BCUT2D eigenvalue weighted by Gasteiger charge is -2.18. The average Bonchev–Trinajstić information content (AvgIpc) is 3.05. The maximum Gasteiger partial charge on any atom is 0.345 e. The van der Waals surface area contributed by atoms with Crippen LogP contribution in [0, 0.1) is 0 Å². The Balaban J connectivity index is 1.38. The number of nitrogens with zero attached hydrogens (tertiary/aromatic N) is 4. The zero-order valence-electron chi connectivity index (χ0n) is 17.0. The van der Waals surface area contributed by atoms with Crippen LogP contribution in [-0.2, 0) is 25.9 Å². The summed E-state index contributed by atoms with van der Waals surface area (Å²) in [5.74, 6) is 1.74. The van der Waals surface area contributed by atoms with Crippen molar-refractivity contribution in [2.75, 3.05) is 13.6 Å². The lowest BCUT2D eigenvalue weighted by atomic mass is 10.1. The van der Waals surface area contributed by atoms with Crippen LogP contribution in [0.1, 0.15) is 44.0 Å². The van der Waals surface area contributed by atoms with Gasteiger partial charge < -0.3 is 10.6 Å². The van der Waals surface area contributed by atoms with E-state index in [4.69, 9.17) is 0 Å². The summed E-state index contributed by atoms with van der Waals surface area (Å²) in [6.07, 6.45) is 6.03. The second-order valence-electron chi connectivity index (χ2n) is 7.45. The van der Waals surface area contributed by atoms with Crippen LogP contribution < -0.4 is 16.3 Å². The van der Waals surface area contributed by atoms with Crippen molar-refractivity contribution in [1.82, 2.24) is 25.0 Å². The summed E-state index contributed by atoms with van der Waals surface area (Å²) in [4.78, 5) is 16.6. The van der Waals surface area contributed by atoms with Gasteiger partial charge in [-0.05, 0) is 44.6 Å². The van der Waals surface area contributed by atoms with Crippen LogP contribution in [0.2, 0.25) is 0 Å². The minimum atomic E-state index is 0.0340. The average molecular weight is 385 g/mol. The second kappa shape index (κ2) is 10.1. The van der Waals surface area contributed by atoms with E-state index in [0.717, 1.165) is 63.4 Å². The van der Waals surface area contributed by atoms with Crippen molar-refractivity contribution in [3.63, 3.8) is 0 Å². The number of aryl methyl sites for hydroxylation is 3.